The fraction of sp³-hybridized carbons (Fsp3) is 1.00. The number of hydrogen-bond donors (Lipinski definition) is 2. The van der Waals surface area contributed by atoms with E-state index >= 15 is 0 Å². The van der Waals surface area contributed by atoms with Crippen molar-refractivity contribution in [2.75, 3.05) is 0 Å². The molecule has 0 aromatic rings. The Kier molecular flexibility index (Phi) is 7.46. The van der Waals surface area contributed by atoms with E-state index in [1.165, 1.54) is 0 Å². The van der Waals surface area contributed by atoms with Crippen molar-refractivity contribution in [1.82, 2.24) is 0 Å². The molecule has 0 aromatic carbocycles. The molecular formula is C16H34O2. The summed E-state index contributed by atoms with van der Waals surface area (Å²) in [5.41, 5.74) is -1.27. The number of aliphatic hydroxyl groups is 2. The Morgan fingerprint density at radius 2 is 0.944 bits per heavy atom. The summed E-state index contributed by atoms with van der Waals surface area (Å²) in [6.07, 6.45) is 5.10. The Balaban J connectivity index is 4.04. The van der Waals surface area contributed by atoms with Gasteiger partial charge in [0.25, 0.3) is 0 Å². The van der Waals surface area contributed by atoms with Crippen LogP contribution in [0.15, 0.2) is 0 Å². The van der Waals surface area contributed by atoms with Crippen molar-refractivity contribution in [3.63, 3.8) is 0 Å². The lowest BCUT2D eigenvalue weighted by Gasteiger charge is -2.30. The standard InChI is InChI=1S/C16H34O2/c1-13(2)7-9-15(5,17)11-12-16(6,18)10-8-14(3)4/h13-14,17-18H,7-12H2,1-6H3. The molecule has 0 aliphatic carbocycles. The second-order valence-electron chi connectivity index (χ2n) is 7.36. The van der Waals surface area contributed by atoms with Gasteiger partial charge in [0.05, 0.1) is 11.2 Å². The van der Waals surface area contributed by atoms with Crippen LogP contribution in [0, 0.1) is 11.8 Å². The van der Waals surface area contributed by atoms with Crippen LogP contribution < -0.4 is 0 Å². The maximum absolute atomic E-state index is 10.3. The molecule has 0 aromatic heterocycles. The zero-order valence-corrected chi connectivity index (χ0v) is 13.3. The van der Waals surface area contributed by atoms with Crippen LogP contribution in [0.25, 0.3) is 0 Å². The fourth-order valence-electron chi connectivity index (χ4n) is 1.99. The number of hydrogen-bond acceptors (Lipinski definition) is 2. The van der Waals surface area contributed by atoms with Crippen molar-refractivity contribution in [1.29, 1.82) is 0 Å². The van der Waals surface area contributed by atoms with E-state index in [0.29, 0.717) is 24.7 Å². The van der Waals surface area contributed by atoms with Gasteiger partial charge >= 0.3 is 0 Å². The highest BCUT2D eigenvalue weighted by Crippen LogP contribution is 2.28. The van der Waals surface area contributed by atoms with Gasteiger partial charge in [0.15, 0.2) is 0 Å². The van der Waals surface area contributed by atoms with Crippen molar-refractivity contribution in [3.8, 4) is 0 Å². The predicted octanol–water partition coefficient (Wildman–Crippen LogP) is 4.14. The third-order valence-electron chi connectivity index (χ3n) is 3.72. The van der Waals surface area contributed by atoms with Crippen molar-refractivity contribution >= 4 is 0 Å². The first-order chi connectivity index (χ1) is 8.04. The van der Waals surface area contributed by atoms with E-state index in [2.05, 4.69) is 27.7 Å². The number of rotatable bonds is 9. The highest BCUT2D eigenvalue weighted by atomic mass is 16.3. The van der Waals surface area contributed by atoms with Gasteiger partial charge in [0, 0.05) is 0 Å². The quantitative estimate of drug-likeness (QED) is 0.652. The maximum atomic E-state index is 10.3. The van der Waals surface area contributed by atoms with E-state index in [1.54, 1.807) is 0 Å². The molecule has 0 fully saturated rings. The predicted molar refractivity (Wildman–Crippen MR) is 78.6 cm³/mol. The first kappa shape index (κ1) is 17.9. The molecule has 2 nitrogen and oxygen atoms in total. The molecule has 0 aliphatic rings. The average Bonchev–Trinajstić information content (AvgIpc) is 2.22. The van der Waals surface area contributed by atoms with E-state index in [4.69, 9.17) is 0 Å². The van der Waals surface area contributed by atoms with Crippen LogP contribution >= 0.6 is 0 Å². The molecule has 0 amide bonds. The van der Waals surface area contributed by atoms with Crippen molar-refractivity contribution in [3.05, 3.63) is 0 Å². The Hall–Kier alpha value is -0.0800. The first-order valence-corrected chi connectivity index (χ1v) is 7.49. The molecule has 0 bridgehead atoms. The van der Waals surface area contributed by atoms with E-state index < -0.39 is 11.2 Å². The smallest absolute Gasteiger partial charge is 0.0621 e. The lowest BCUT2D eigenvalue weighted by Crippen LogP contribution is -2.31. The summed E-state index contributed by atoms with van der Waals surface area (Å²) in [6, 6.07) is 0. The van der Waals surface area contributed by atoms with Crippen LogP contribution in [0.1, 0.15) is 80.1 Å². The molecule has 18 heavy (non-hydrogen) atoms. The molecule has 0 heterocycles. The van der Waals surface area contributed by atoms with Crippen LogP contribution in [0.3, 0.4) is 0 Å². The molecule has 0 radical (unpaired) electrons. The second-order valence-corrected chi connectivity index (χ2v) is 7.36. The highest BCUT2D eigenvalue weighted by molar-refractivity contribution is 4.80. The lowest BCUT2D eigenvalue weighted by molar-refractivity contribution is -0.0151. The molecule has 2 N–H and O–H groups in total. The van der Waals surface area contributed by atoms with Gasteiger partial charge in [-0.15, -0.1) is 0 Å². The average molecular weight is 258 g/mol. The summed E-state index contributed by atoms with van der Waals surface area (Å²) in [5, 5.41) is 20.6. The molecule has 0 aliphatic heterocycles. The van der Waals surface area contributed by atoms with Crippen LogP contribution in [-0.2, 0) is 0 Å². The van der Waals surface area contributed by atoms with E-state index in [0.717, 1.165) is 25.7 Å². The third-order valence-corrected chi connectivity index (χ3v) is 3.72. The summed E-state index contributed by atoms with van der Waals surface area (Å²) in [4.78, 5) is 0. The minimum atomic E-state index is -0.633. The minimum Gasteiger partial charge on any atom is -0.390 e. The third kappa shape index (κ3) is 9.90. The van der Waals surface area contributed by atoms with E-state index in [-0.39, 0.29) is 0 Å². The Morgan fingerprint density at radius 3 is 1.17 bits per heavy atom. The summed E-state index contributed by atoms with van der Waals surface area (Å²) in [5.74, 6) is 1.25. The van der Waals surface area contributed by atoms with E-state index in [1.807, 2.05) is 13.8 Å². The van der Waals surface area contributed by atoms with Gasteiger partial charge in [-0.25, -0.2) is 0 Å². The molecule has 0 saturated carbocycles. The van der Waals surface area contributed by atoms with Gasteiger partial charge < -0.3 is 10.2 Å². The monoisotopic (exact) mass is 258 g/mol. The lowest BCUT2D eigenvalue weighted by atomic mass is 9.84. The Morgan fingerprint density at radius 1 is 0.667 bits per heavy atom. The van der Waals surface area contributed by atoms with Crippen LogP contribution in [-0.4, -0.2) is 21.4 Å². The van der Waals surface area contributed by atoms with Gasteiger partial charge in [-0.3, -0.25) is 0 Å². The summed E-state index contributed by atoms with van der Waals surface area (Å²) in [7, 11) is 0. The van der Waals surface area contributed by atoms with Gasteiger partial charge in [-0.2, -0.15) is 0 Å². The summed E-state index contributed by atoms with van der Waals surface area (Å²) >= 11 is 0. The topological polar surface area (TPSA) is 40.5 Å². The van der Waals surface area contributed by atoms with Gasteiger partial charge in [0.2, 0.25) is 0 Å². The van der Waals surface area contributed by atoms with Gasteiger partial charge in [-0.1, -0.05) is 27.7 Å². The van der Waals surface area contributed by atoms with Gasteiger partial charge in [0.1, 0.15) is 0 Å². The van der Waals surface area contributed by atoms with Crippen molar-refractivity contribution in [2.45, 2.75) is 91.3 Å². The maximum Gasteiger partial charge on any atom is 0.0621 e. The first-order valence-electron chi connectivity index (χ1n) is 7.49. The Labute approximate surface area is 114 Å². The SMILES string of the molecule is CC(C)CCC(C)(O)CCC(C)(O)CCC(C)C. The minimum absolute atomic E-state index is 0.623. The Bertz CT molecular complexity index is 193. The molecule has 0 saturated heterocycles. The molecule has 110 valence electrons. The molecule has 0 spiro atoms. The van der Waals surface area contributed by atoms with E-state index in [9.17, 15) is 10.2 Å². The van der Waals surface area contributed by atoms with Crippen LogP contribution in [0.5, 0.6) is 0 Å². The fourth-order valence-corrected chi connectivity index (χ4v) is 1.99. The molecular weight excluding hydrogens is 224 g/mol. The normalized spacial score (nSPS) is 19.0. The van der Waals surface area contributed by atoms with Gasteiger partial charge in [-0.05, 0) is 64.2 Å². The highest BCUT2D eigenvalue weighted by Gasteiger charge is 2.27. The summed E-state index contributed by atoms with van der Waals surface area (Å²) < 4.78 is 0. The molecule has 2 heteroatoms. The van der Waals surface area contributed by atoms with Crippen molar-refractivity contribution in [2.24, 2.45) is 11.8 Å². The van der Waals surface area contributed by atoms with Crippen LogP contribution in [0.4, 0.5) is 0 Å². The zero-order chi connectivity index (χ0) is 14.4. The largest absolute Gasteiger partial charge is 0.390 e. The summed E-state index contributed by atoms with van der Waals surface area (Å²) in [6.45, 7) is 12.5. The molecule has 0 rings (SSSR count). The zero-order valence-electron chi connectivity index (χ0n) is 13.3. The molecule has 2 atom stereocenters. The molecule has 2 unspecified atom stereocenters. The van der Waals surface area contributed by atoms with Crippen molar-refractivity contribution < 1.29 is 10.2 Å². The second kappa shape index (κ2) is 7.49. The van der Waals surface area contributed by atoms with Crippen LogP contribution in [0.2, 0.25) is 0 Å².